The van der Waals surface area contributed by atoms with E-state index in [2.05, 4.69) is 57.8 Å². The van der Waals surface area contributed by atoms with Gasteiger partial charge in [-0.25, -0.2) is 19.0 Å². The fourth-order valence-electron chi connectivity index (χ4n) is 13.9. The molecule has 6 aliphatic heterocycles. The number of nitrogens with one attached hydrogen (secondary N) is 7. The van der Waals surface area contributed by atoms with E-state index in [0.717, 1.165) is 22.3 Å². The van der Waals surface area contributed by atoms with Crippen LogP contribution >= 0.6 is 0 Å². The maximum atomic E-state index is 15.2. The second kappa shape index (κ2) is 37.0. The molecule has 12 atom stereocenters. The van der Waals surface area contributed by atoms with Gasteiger partial charge in [0.15, 0.2) is 0 Å². The number of aromatic nitrogens is 6. The van der Waals surface area contributed by atoms with Gasteiger partial charge in [0.1, 0.15) is 73.0 Å². The van der Waals surface area contributed by atoms with Crippen LogP contribution in [0.5, 0.6) is 11.6 Å². The molecule has 29 heteroatoms. The van der Waals surface area contributed by atoms with Gasteiger partial charge in [0, 0.05) is 57.5 Å². The molecule has 2 aromatic heterocycles. The first-order valence-corrected chi connectivity index (χ1v) is 37.9. The molecule has 2 saturated heterocycles. The third kappa shape index (κ3) is 20.5. The van der Waals surface area contributed by atoms with Crippen molar-refractivity contribution in [2.75, 3.05) is 20.1 Å². The van der Waals surface area contributed by atoms with Crippen LogP contribution in [0.25, 0.3) is 22.3 Å². The maximum absolute atomic E-state index is 15.2. The number of ether oxygens (including phenoxy) is 2. The maximum Gasteiger partial charge on any atom is 0.326 e. The Morgan fingerprint density at radius 3 is 1.38 bits per heavy atom. The Morgan fingerprint density at radius 1 is 0.500 bits per heavy atom. The first-order chi connectivity index (χ1) is 53.8. The quantitative estimate of drug-likeness (QED) is 0.0477. The lowest BCUT2D eigenvalue weighted by Gasteiger charge is -2.32. The lowest BCUT2D eigenvalue weighted by atomic mass is 9.99. The summed E-state index contributed by atoms with van der Waals surface area (Å²) in [6.07, 6.45) is 2.96. The third-order valence-electron chi connectivity index (χ3n) is 21.0. The van der Waals surface area contributed by atoms with Gasteiger partial charge in [0.2, 0.25) is 47.3 Å². The van der Waals surface area contributed by atoms with Crippen molar-refractivity contribution in [2.24, 2.45) is 17.8 Å². The third-order valence-corrected chi connectivity index (χ3v) is 21.0. The van der Waals surface area contributed by atoms with Crippen LogP contribution in [0.15, 0.2) is 170 Å². The topological polar surface area (TPSA) is 382 Å². The summed E-state index contributed by atoms with van der Waals surface area (Å²) in [6, 6.07) is 34.8. The number of aliphatic carboxylic acids is 2. The number of carboxylic acid groups (broad SMARTS) is 2. The summed E-state index contributed by atoms with van der Waals surface area (Å²) >= 11 is 0. The predicted molar refractivity (Wildman–Crippen MR) is 413 cm³/mol. The van der Waals surface area contributed by atoms with Crippen molar-refractivity contribution in [1.82, 2.24) is 77.0 Å². The van der Waals surface area contributed by atoms with Crippen molar-refractivity contribution < 1.29 is 67.6 Å². The van der Waals surface area contributed by atoms with Gasteiger partial charge in [0.05, 0.1) is 30.5 Å². The second-order valence-corrected chi connectivity index (χ2v) is 29.7. The number of carbonyl (C=O) groups excluding carboxylic acids is 8. The minimum Gasteiger partial charge on any atom is -0.487 e. The highest BCUT2D eigenvalue weighted by atomic mass is 16.5. The minimum atomic E-state index is -1.52. The first kappa shape index (κ1) is 80.9. The number of carbonyl (C=O) groups is 10. The smallest absolute Gasteiger partial charge is 0.326 e. The van der Waals surface area contributed by atoms with Crippen LogP contribution in [0.1, 0.15) is 113 Å². The molecule has 0 spiro atoms. The van der Waals surface area contributed by atoms with Gasteiger partial charge < -0.3 is 66.7 Å². The SMILES string of the molecule is CC[C@@H](C)C(=O)N[C@H](C(=O)N1C[C@@H]2C[C@H]1C(=O)N[C@@H](Cc1ccc(-c3ccccc3)cc1)C(=O)N[C@H](C(=O)O)Cc1ccc(cc1)OCc1cn(nn1)[C@H]1C[C@@H](C(=O)N[C@@H](Cc3ccc(-c4ccccc4)cc3)C(=O)N[C@H](C(=O)O)Cc3ccc(cc3)COc3cn2nn3)N(C(=O)[C@@H](NC(=O)[C@H](C)NC)C(C)C)C1)C(C)C. The van der Waals surface area contributed by atoms with Crippen LogP contribution in [0.2, 0.25) is 0 Å². The van der Waals surface area contributed by atoms with Crippen molar-refractivity contribution in [1.29, 1.82) is 0 Å². The summed E-state index contributed by atoms with van der Waals surface area (Å²) in [5.41, 5.74) is 6.90. The molecule has 0 radical (unpaired) electrons. The molecule has 0 aliphatic carbocycles. The van der Waals surface area contributed by atoms with E-state index < -0.39 is 138 Å². The molecule has 8 aromatic rings. The van der Waals surface area contributed by atoms with Crippen LogP contribution in [0.3, 0.4) is 0 Å². The summed E-state index contributed by atoms with van der Waals surface area (Å²) in [4.78, 5) is 147. The Bertz CT molecular complexity index is 4330. The summed E-state index contributed by atoms with van der Waals surface area (Å²) in [6.45, 7) is 12.0. The normalized spacial score (nSPS) is 21.1. The number of amides is 8. The highest BCUT2D eigenvalue weighted by Gasteiger charge is 2.47. The summed E-state index contributed by atoms with van der Waals surface area (Å²) in [7, 11) is 1.61. The van der Waals surface area contributed by atoms with Crippen LogP contribution in [0.4, 0.5) is 0 Å². The first-order valence-electron chi connectivity index (χ1n) is 37.9. The minimum absolute atomic E-state index is 0.0357. The van der Waals surface area contributed by atoms with E-state index in [-0.39, 0.29) is 76.6 Å². The molecule has 8 amide bonds. The molecule has 29 nitrogen and oxygen atoms in total. The lowest BCUT2D eigenvalue weighted by molar-refractivity contribution is -0.144. The van der Waals surface area contributed by atoms with Crippen molar-refractivity contribution in [3.05, 3.63) is 204 Å². The summed E-state index contributed by atoms with van der Waals surface area (Å²) < 4.78 is 15.3. The number of carboxylic acids is 2. The monoisotopic (exact) mass is 1530 g/mol. The number of rotatable bonds is 18. The van der Waals surface area contributed by atoms with Crippen molar-refractivity contribution in [3.63, 3.8) is 0 Å². The van der Waals surface area contributed by atoms with E-state index in [1.54, 1.807) is 103 Å². The molecule has 2 fully saturated rings. The summed E-state index contributed by atoms with van der Waals surface area (Å²) in [5, 5.41) is 58.9. The Labute approximate surface area is 649 Å². The van der Waals surface area contributed by atoms with Gasteiger partial charge in [-0.1, -0.05) is 203 Å². The van der Waals surface area contributed by atoms with Gasteiger partial charge >= 0.3 is 11.9 Å². The van der Waals surface area contributed by atoms with Crippen molar-refractivity contribution >= 4 is 59.2 Å². The van der Waals surface area contributed by atoms with E-state index in [1.165, 1.54) is 25.4 Å². The Morgan fingerprint density at radius 2 is 0.929 bits per heavy atom. The predicted octanol–water partition coefficient (Wildman–Crippen LogP) is 5.97. The van der Waals surface area contributed by atoms with E-state index in [4.69, 9.17) is 9.47 Å². The fraction of sp³-hybridized carbons (Fsp3) is 0.398. The standard InChI is InChI=1S/C83H97N15O14/c1-9-50(6)74(99)89-72(48(2)3)80(105)96-44-63-41-70(96)79(104)86-66(37-54-26-32-60(33-27-54)58-18-14-11-15-19-58)77(102)88-68(83(109)110)39-55-28-34-64(35-29-55)111-47-61-42-97(93-91-61)62-40-69(95(43-62)81(106)73(49(4)5)90-75(100)51(7)84-8)78(103)85-65(36-53-24-30-59(31-25-53)57-16-12-10-13-17-57)76(101)87-67(82(107)108)38-52-20-22-56(23-21-52)46-112-71-45-98(63)94-92-71/h10-35,42,45,48-51,62-63,65-70,72-73,84H,9,36-41,43-44,46-47H2,1-8H3,(H,85,103)(H,86,104)(H,87,101)(H,88,102)(H,89,99)(H,90,100)(H,107,108)(H,109,110)/t50-,51+,62+,63+,65+,66+,67+,68+,69+,70+,72+,73+/m1/s1. The Kier molecular flexibility index (Phi) is 26.7. The highest BCUT2D eigenvalue weighted by molar-refractivity contribution is 5.98. The van der Waals surface area contributed by atoms with Gasteiger partial charge in [-0.3, -0.25) is 38.4 Å². The lowest BCUT2D eigenvalue weighted by Crippen LogP contribution is -2.59. The molecule has 6 aromatic carbocycles. The second-order valence-electron chi connectivity index (χ2n) is 29.7. The summed E-state index contributed by atoms with van der Waals surface area (Å²) in [5.74, 6) is -8.65. The zero-order valence-electron chi connectivity index (χ0n) is 63.9. The largest absolute Gasteiger partial charge is 0.487 e. The van der Waals surface area contributed by atoms with Crippen LogP contribution in [-0.4, -0.2) is 184 Å². The molecule has 112 heavy (non-hydrogen) atoms. The van der Waals surface area contributed by atoms with E-state index in [9.17, 15) is 39.0 Å². The Balaban J connectivity index is 0.912. The molecular weight excluding hydrogens is 1430 g/mol. The van der Waals surface area contributed by atoms with E-state index >= 15 is 19.2 Å². The Hall–Kier alpha value is -12.1. The van der Waals surface area contributed by atoms with Gasteiger partial charge in [0.25, 0.3) is 5.88 Å². The fourth-order valence-corrected chi connectivity index (χ4v) is 13.9. The molecule has 0 unspecified atom stereocenters. The molecular formula is C83H97N15O14. The van der Waals surface area contributed by atoms with Crippen LogP contribution in [-0.2, 0) is 86.8 Å². The number of benzene rings is 6. The zero-order chi connectivity index (χ0) is 79.9. The van der Waals surface area contributed by atoms with E-state index in [0.29, 0.717) is 45.7 Å². The average Bonchev–Trinajstić information content (AvgIpc) is 1.63. The van der Waals surface area contributed by atoms with Crippen molar-refractivity contribution in [3.8, 4) is 33.9 Å². The number of likely N-dealkylation sites (N-methyl/N-ethyl adjacent to an activating group) is 1. The molecule has 9 N–H and O–H groups in total. The van der Waals surface area contributed by atoms with Crippen LogP contribution < -0.4 is 46.7 Å². The zero-order valence-corrected chi connectivity index (χ0v) is 63.9. The van der Waals surface area contributed by atoms with Gasteiger partial charge in [-0.2, -0.15) is 0 Å². The number of hydrogen-bond donors (Lipinski definition) is 9. The van der Waals surface area contributed by atoms with Crippen LogP contribution in [0, 0.1) is 17.8 Å². The number of likely N-dealkylation sites (tertiary alicyclic amines) is 2. The highest BCUT2D eigenvalue weighted by Crippen LogP contribution is 2.33. The molecule has 588 valence electrons. The van der Waals surface area contributed by atoms with Gasteiger partial charge in [-0.15, -0.1) is 5.10 Å². The molecule has 6 aliphatic rings. The molecule has 14 rings (SSSR count). The molecule has 0 saturated carbocycles. The molecule has 8 heterocycles. The van der Waals surface area contributed by atoms with Gasteiger partial charge in [-0.05, 0) is 94.4 Å². The number of nitrogens with zero attached hydrogens (tertiary/aromatic N) is 8. The molecule has 12 bridgehead atoms. The van der Waals surface area contributed by atoms with E-state index in [1.807, 2.05) is 116 Å². The number of hydrogen-bond acceptors (Lipinski definition) is 17. The average molecular weight is 1530 g/mol. The van der Waals surface area contributed by atoms with Crippen molar-refractivity contribution in [2.45, 2.75) is 173 Å².